The molecule has 10 heteroatoms. The minimum Gasteiger partial charge on any atom is -0.463 e. The summed E-state index contributed by atoms with van der Waals surface area (Å²) in [6.07, 6.45) is 2.26. The first-order chi connectivity index (χ1) is 11.7. The van der Waals surface area contributed by atoms with Crippen LogP contribution in [0.25, 0.3) is 22.1 Å². The van der Waals surface area contributed by atoms with Crippen LogP contribution in [0, 0.1) is 0 Å². The third kappa shape index (κ3) is 3.20. The van der Waals surface area contributed by atoms with Gasteiger partial charge < -0.3 is 8.60 Å². The predicted molar refractivity (Wildman–Crippen MR) is 81.3 cm³/mol. The fraction of sp³-hybridized carbons (Fsp3) is 0.0667. The van der Waals surface area contributed by atoms with Crippen LogP contribution >= 0.6 is 0 Å². The van der Waals surface area contributed by atoms with Gasteiger partial charge in [0.05, 0.1) is 11.6 Å². The standard InChI is InChI=1S/C15H8F3NO5S/c16-15(17,18)25(21,22)24-13-8-9(4-6-19-13)10-2-1-3-11-12(20)5-7-23-14(10)11/h1-8H. The fourth-order valence-corrected chi connectivity index (χ4v) is 2.53. The number of hydrogen-bond acceptors (Lipinski definition) is 6. The molecule has 3 aromatic rings. The molecule has 1 aromatic carbocycles. The molecule has 0 atom stereocenters. The zero-order chi connectivity index (χ0) is 18.2. The molecule has 0 radical (unpaired) electrons. The maximum atomic E-state index is 12.4. The summed E-state index contributed by atoms with van der Waals surface area (Å²) in [5, 5.41) is 0.266. The summed E-state index contributed by atoms with van der Waals surface area (Å²) in [4.78, 5) is 15.3. The van der Waals surface area contributed by atoms with Gasteiger partial charge in [-0.2, -0.15) is 21.6 Å². The molecule has 0 aliphatic heterocycles. The fourth-order valence-electron chi connectivity index (χ4n) is 2.12. The Morgan fingerprint density at radius 1 is 1.12 bits per heavy atom. The monoisotopic (exact) mass is 371 g/mol. The maximum Gasteiger partial charge on any atom is 0.534 e. The van der Waals surface area contributed by atoms with E-state index in [0.717, 1.165) is 12.3 Å². The molecule has 0 saturated carbocycles. The molecular formula is C15H8F3NO5S. The van der Waals surface area contributed by atoms with E-state index in [1.54, 1.807) is 12.1 Å². The largest absolute Gasteiger partial charge is 0.534 e. The highest BCUT2D eigenvalue weighted by Crippen LogP contribution is 2.31. The highest BCUT2D eigenvalue weighted by Gasteiger charge is 2.48. The zero-order valence-electron chi connectivity index (χ0n) is 12.1. The van der Waals surface area contributed by atoms with Crippen molar-refractivity contribution in [2.45, 2.75) is 5.51 Å². The Labute approximate surface area is 138 Å². The van der Waals surface area contributed by atoms with E-state index in [2.05, 4.69) is 9.17 Å². The third-order valence-electron chi connectivity index (χ3n) is 3.21. The van der Waals surface area contributed by atoms with E-state index in [1.807, 2.05) is 0 Å². The van der Waals surface area contributed by atoms with Crippen molar-refractivity contribution in [2.75, 3.05) is 0 Å². The molecule has 2 aromatic heterocycles. The average molecular weight is 371 g/mol. The van der Waals surface area contributed by atoms with Crippen molar-refractivity contribution >= 4 is 21.1 Å². The number of fused-ring (bicyclic) bond motifs is 1. The Morgan fingerprint density at radius 3 is 2.60 bits per heavy atom. The molecule has 3 rings (SSSR count). The number of para-hydroxylation sites is 1. The van der Waals surface area contributed by atoms with Crippen LogP contribution < -0.4 is 9.61 Å². The summed E-state index contributed by atoms with van der Waals surface area (Å²) in [6.45, 7) is 0. The van der Waals surface area contributed by atoms with E-state index < -0.39 is 21.5 Å². The van der Waals surface area contributed by atoms with Gasteiger partial charge in [-0.25, -0.2) is 4.98 Å². The van der Waals surface area contributed by atoms with E-state index in [-0.39, 0.29) is 22.0 Å². The summed E-state index contributed by atoms with van der Waals surface area (Å²) in [6, 6.07) is 8.28. The minimum absolute atomic E-state index is 0.200. The van der Waals surface area contributed by atoms with Gasteiger partial charge in [-0.05, 0) is 17.7 Å². The van der Waals surface area contributed by atoms with Crippen molar-refractivity contribution in [3.8, 4) is 17.0 Å². The maximum absolute atomic E-state index is 12.4. The van der Waals surface area contributed by atoms with Gasteiger partial charge in [0.1, 0.15) is 5.58 Å². The Bertz CT molecular complexity index is 1110. The lowest BCUT2D eigenvalue weighted by Crippen LogP contribution is -2.28. The van der Waals surface area contributed by atoms with Crippen LogP contribution in [0.2, 0.25) is 0 Å². The van der Waals surface area contributed by atoms with Gasteiger partial charge in [-0.1, -0.05) is 12.1 Å². The first-order valence-electron chi connectivity index (χ1n) is 6.67. The minimum atomic E-state index is -5.83. The van der Waals surface area contributed by atoms with Gasteiger partial charge in [0.25, 0.3) is 0 Å². The van der Waals surface area contributed by atoms with E-state index >= 15 is 0 Å². The Morgan fingerprint density at radius 2 is 1.88 bits per heavy atom. The van der Waals surface area contributed by atoms with E-state index in [1.165, 1.54) is 24.5 Å². The molecule has 0 bridgehead atoms. The van der Waals surface area contributed by atoms with Crippen molar-refractivity contribution in [3.63, 3.8) is 0 Å². The predicted octanol–water partition coefficient (Wildman–Crippen LogP) is 3.08. The van der Waals surface area contributed by atoms with Crippen LogP contribution in [0.5, 0.6) is 5.88 Å². The summed E-state index contributed by atoms with van der Waals surface area (Å²) in [5.41, 5.74) is -5.04. The Hall–Kier alpha value is -2.88. The third-order valence-corrected chi connectivity index (χ3v) is 4.17. The van der Waals surface area contributed by atoms with Crippen molar-refractivity contribution in [2.24, 2.45) is 0 Å². The molecule has 2 heterocycles. The van der Waals surface area contributed by atoms with Gasteiger partial charge in [0, 0.05) is 23.9 Å². The number of aromatic nitrogens is 1. The molecule has 130 valence electrons. The topological polar surface area (TPSA) is 86.5 Å². The van der Waals surface area contributed by atoms with Crippen LogP contribution in [-0.4, -0.2) is 18.9 Å². The van der Waals surface area contributed by atoms with Gasteiger partial charge >= 0.3 is 15.6 Å². The van der Waals surface area contributed by atoms with E-state index in [4.69, 9.17) is 4.42 Å². The van der Waals surface area contributed by atoms with Gasteiger partial charge in [0.2, 0.25) is 5.88 Å². The quantitative estimate of drug-likeness (QED) is 0.519. The summed E-state index contributed by atoms with van der Waals surface area (Å²) in [5.74, 6) is -0.759. The molecule has 6 nitrogen and oxygen atoms in total. The van der Waals surface area contributed by atoms with Crippen LogP contribution in [0.15, 0.2) is 58.1 Å². The van der Waals surface area contributed by atoms with Crippen LogP contribution in [0.3, 0.4) is 0 Å². The van der Waals surface area contributed by atoms with Crippen molar-refractivity contribution in [3.05, 3.63) is 59.1 Å². The second kappa shape index (κ2) is 5.88. The second-order valence-corrected chi connectivity index (χ2v) is 6.37. The van der Waals surface area contributed by atoms with Crippen molar-refractivity contribution in [1.82, 2.24) is 4.98 Å². The summed E-state index contributed by atoms with van der Waals surface area (Å²) >= 11 is 0. The number of rotatable bonds is 3. The van der Waals surface area contributed by atoms with Crippen molar-refractivity contribution < 1.29 is 30.2 Å². The number of hydrogen-bond donors (Lipinski definition) is 0. The second-order valence-electron chi connectivity index (χ2n) is 4.83. The molecular weight excluding hydrogens is 363 g/mol. The number of halogens is 3. The molecule has 0 amide bonds. The number of pyridine rings is 1. The normalized spacial score (nSPS) is 12.3. The zero-order valence-corrected chi connectivity index (χ0v) is 13.0. The van der Waals surface area contributed by atoms with Gasteiger partial charge in [0.15, 0.2) is 5.43 Å². The molecule has 0 fully saturated rings. The van der Waals surface area contributed by atoms with Crippen LogP contribution in [0.4, 0.5) is 13.2 Å². The average Bonchev–Trinajstić information content (AvgIpc) is 2.53. The molecule has 25 heavy (non-hydrogen) atoms. The molecule has 0 unspecified atom stereocenters. The van der Waals surface area contributed by atoms with Crippen molar-refractivity contribution in [1.29, 1.82) is 0 Å². The summed E-state index contributed by atoms with van der Waals surface area (Å²) in [7, 11) is -5.83. The smallest absolute Gasteiger partial charge is 0.463 e. The van der Waals surface area contributed by atoms with Gasteiger partial charge in [-0.15, -0.1) is 0 Å². The highest BCUT2D eigenvalue weighted by molar-refractivity contribution is 7.87. The number of benzene rings is 1. The first-order valence-corrected chi connectivity index (χ1v) is 8.07. The van der Waals surface area contributed by atoms with Gasteiger partial charge in [-0.3, -0.25) is 4.79 Å². The lowest BCUT2D eigenvalue weighted by molar-refractivity contribution is -0.0501. The molecule has 0 saturated heterocycles. The Kier molecular flexibility index (Phi) is 3.99. The Balaban J connectivity index is 2.10. The SMILES string of the molecule is O=c1ccoc2c(-c3ccnc(OS(=O)(=O)C(F)(F)F)c3)cccc12. The molecule has 0 aliphatic rings. The van der Waals surface area contributed by atoms with E-state index in [0.29, 0.717) is 5.56 Å². The van der Waals surface area contributed by atoms with E-state index in [9.17, 15) is 26.4 Å². The first kappa shape index (κ1) is 17.0. The highest BCUT2D eigenvalue weighted by atomic mass is 32.2. The van der Waals surface area contributed by atoms with Crippen LogP contribution in [0.1, 0.15) is 0 Å². The summed E-state index contributed by atoms with van der Waals surface area (Å²) < 4.78 is 68.7. The molecule has 0 N–H and O–H groups in total. The number of nitrogens with zero attached hydrogens (tertiary/aromatic N) is 1. The lowest BCUT2D eigenvalue weighted by atomic mass is 10.0. The number of alkyl halides is 3. The molecule has 0 spiro atoms. The van der Waals surface area contributed by atoms with Crippen LogP contribution in [-0.2, 0) is 10.1 Å². The molecule has 0 aliphatic carbocycles. The lowest BCUT2D eigenvalue weighted by Gasteiger charge is -2.10.